The first kappa shape index (κ1) is 29.7. The van der Waals surface area contributed by atoms with Crippen LogP contribution in [0.2, 0.25) is 0 Å². The Hall–Kier alpha value is -0.480. The lowest BCUT2D eigenvalue weighted by atomic mass is 10.1. The van der Waals surface area contributed by atoms with Crippen molar-refractivity contribution in [1.82, 2.24) is 5.32 Å². The third-order valence-corrected chi connectivity index (χ3v) is 4.99. The number of carbonyl (C=O) groups is 1. The monoisotopic (exact) mass is 428 g/mol. The van der Waals surface area contributed by atoms with Gasteiger partial charge in [-0.2, -0.15) is 0 Å². The molecule has 8 nitrogen and oxygen atoms in total. The molecule has 0 saturated heterocycles. The molecule has 0 aliphatic carbocycles. The molecule has 1 amide bonds. The Labute approximate surface area is 172 Å². The molecule has 2 unspecified atom stereocenters. The Morgan fingerprint density at radius 1 is 0.929 bits per heavy atom. The normalized spacial score (nSPS) is 14.1. The van der Waals surface area contributed by atoms with Gasteiger partial charge in [0.05, 0.1) is 14.1 Å². The average molecular weight is 429 g/mol. The number of carbonyl (C=O) groups excluding carboxylic acids is 1. The first-order chi connectivity index (χ1) is 12.9. The van der Waals surface area contributed by atoms with E-state index in [2.05, 4.69) is 12.2 Å². The highest BCUT2D eigenvalue weighted by atomic mass is 35.7. The lowest BCUT2D eigenvalue weighted by Gasteiger charge is -2.40. The molecule has 0 bridgehead atoms. The van der Waals surface area contributed by atoms with Crippen LogP contribution in [-0.4, -0.2) is 42.0 Å². The molecule has 2 atom stereocenters. The zero-order valence-electron chi connectivity index (χ0n) is 18.2. The van der Waals surface area contributed by atoms with Gasteiger partial charge in [-0.15, -0.1) is 10.2 Å². The van der Waals surface area contributed by atoms with E-state index < -0.39 is 16.5 Å². The largest absolute Gasteiger partial charge is 0.345 e. The van der Waals surface area contributed by atoms with Crippen LogP contribution in [-0.2, 0) is 4.79 Å². The number of nitrogens with one attached hydrogen (secondary N) is 1. The summed E-state index contributed by atoms with van der Waals surface area (Å²) in [5.41, 5.74) is 0. The Kier molecular flexibility index (Phi) is 17.3. The summed E-state index contributed by atoms with van der Waals surface area (Å²) in [7, 11) is -1.03. The van der Waals surface area contributed by atoms with Gasteiger partial charge in [-0.05, 0) is 6.42 Å². The van der Waals surface area contributed by atoms with Crippen LogP contribution < -0.4 is 24.0 Å². The van der Waals surface area contributed by atoms with E-state index in [1.807, 2.05) is 21.0 Å². The van der Waals surface area contributed by atoms with Crippen LogP contribution >= 0.6 is 0 Å². The number of aliphatic hydroxyl groups is 1. The number of hydrogen-bond acceptors (Lipinski definition) is 6. The molecule has 0 aliphatic rings. The highest BCUT2D eigenvalue weighted by Crippen LogP contribution is 2.13. The van der Waals surface area contributed by atoms with Gasteiger partial charge in [0.2, 0.25) is 5.91 Å². The van der Waals surface area contributed by atoms with Crippen LogP contribution in [0, 0.1) is 10.2 Å². The van der Waals surface area contributed by atoms with Crippen LogP contribution in [0.3, 0.4) is 0 Å². The molecular formula is C19H41ClN2O6. The summed E-state index contributed by atoms with van der Waals surface area (Å²) in [6.45, 7) is 6.07. The summed E-state index contributed by atoms with van der Waals surface area (Å²) in [6.07, 6.45) is 12.3. The van der Waals surface area contributed by atoms with Crippen LogP contribution in [0.4, 0.5) is 0 Å². The first-order valence-corrected chi connectivity index (χ1v) is 11.5. The standard InChI is InChI=1S/C19H40N2O2.ClHO4/c1-6-8-9-10-11-12-13-14-15-16-19(23)20-18(7-2)21(4,5)17(3)22;2-1(3,4)5/h17-18,22H,6-16H2,1-5H3;(H,2,3,4,5). The third-order valence-electron chi connectivity index (χ3n) is 4.99. The minimum atomic E-state index is -4.94. The molecule has 2 N–H and O–H groups in total. The predicted octanol–water partition coefficient (Wildman–Crippen LogP) is -0.582. The van der Waals surface area contributed by atoms with E-state index in [-0.39, 0.29) is 12.1 Å². The van der Waals surface area contributed by atoms with Crippen LogP contribution in [0.15, 0.2) is 0 Å². The number of hydrogen-bond donors (Lipinski definition) is 2. The fraction of sp³-hybridized carbons (Fsp3) is 0.947. The van der Waals surface area contributed by atoms with Gasteiger partial charge in [-0.25, -0.2) is 18.6 Å². The van der Waals surface area contributed by atoms with E-state index in [0.717, 1.165) is 19.3 Å². The summed E-state index contributed by atoms with van der Waals surface area (Å²) in [6, 6.07) is 0. The van der Waals surface area contributed by atoms with Crippen molar-refractivity contribution in [2.24, 2.45) is 0 Å². The van der Waals surface area contributed by atoms with Crippen molar-refractivity contribution in [3.05, 3.63) is 0 Å². The molecule has 0 aromatic carbocycles. The molecule has 0 aromatic heterocycles. The van der Waals surface area contributed by atoms with Crippen molar-refractivity contribution in [1.29, 1.82) is 0 Å². The van der Waals surface area contributed by atoms with Crippen LogP contribution in [0.25, 0.3) is 0 Å². The average Bonchev–Trinajstić information content (AvgIpc) is 2.56. The quantitative estimate of drug-likeness (QED) is 0.215. The smallest absolute Gasteiger partial charge is 0.224 e. The lowest BCUT2D eigenvalue weighted by Crippen LogP contribution is -2.68. The number of halogens is 1. The highest BCUT2D eigenvalue weighted by Gasteiger charge is 2.32. The fourth-order valence-corrected chi connectivity index (χ4v) is 2.85. The second-order valence-corrected chi connectivity index (χ2v) is 8.46. The number of nitrogens with zero attached hydrogens (tertiary/aromatic N) is 1. The van der Waals surface area contributed by atoms with Crippen molar-refractivity contribution in [3.63, 3.8) is 0 Å². The number of amides is 1. The molecule has 9 heteroatoms. The fourth-order valence-electron chi connectivity index (χ4n) is 2.85. The van der Waals surface area contributed by atoms with E-state index in [1.165, 1.54) is 44.9 Å². The highest BCUT2D eigenvalue weighted by molar-refractivity contribution is 5.75. The van der Waals surface area contributed by atoms with Crippen molar-refractivity contribution in [2.75, 3.05) is 14.1 Å². The molecule has 170 valence electrons. The molecular weight excluding hydrogens is 388 g/mol. The Balaban J connectivity index is 0. The van der Waals surface area contributed by atoms with Gasteiger partial charge in [-0.1, -0.05) is 65.2 Å². The molecule has 0 heterocycles. The molecule has 0 radical (unpaired) electrons. The van der Waals surface area contributed by atoms with E-state index >= 15 is 0 Å². The number of rotatable bonds is 14. The van der Waals surface area contributed by atoms with Crippen LogP contribution in [0.1, 0.15) is 91.4 Å². The summed E-state index contributed by atoms with van der Waals surface area (Å²) < 4.78 is 34.4. The SMILES string of the molecule is CCCCCCCCCCCC(=O)NC(CC)[N+](C)(C)C(C)O.[O-][Cl+3]([O-])([O-])[O-]. The molecule has 0 spiro atoms. The number of quaternary nitrogens is 1. The second-order valence-electron chi connectivity index (χ2n) is 7.71. The van der Waals surface area contributed by atoms with Gasteiger partial charge < -0.3 is 10.4 Å². The first-order valence-electron chi connectivity index (χ1n) is 10.3. The van der Waals surface area contributed by atoms with Gasteiger partial charge in [-0.3, -0.25) is 9.28 Å². The summed E-state index contributed by atoms with van der Waals surface area (Å²) in [5.74, 6) is 0.117. The van der Waals surface area contributed by atoms with E-state index in [1.54, 1.807) is 6.92 Å². The van der Waals surface area contributed by atoms with E-state index in [0.29, 0.717) is 10.9 Å². The predicted molar refractivity (Wildman–Crippen MR) is 97.9 cm³/mol. The maximum atomic E-state index is 12.1. The molecule has 0 aliphatic heterocycles. The Morgan fingerprint density at radius 3 is 1.68 bits per heavy atom. The number of aliphatic hydroxyl groups excluding tert-OH is 1. The van der Waals surface area contributed by atoms with E-state index in [9.17, 15) is 9.90 Å². The molecule has 0 aromatic rings. The van der Waals surface area contributed by atoms with Gasteiger partial charge in [0.15, 0.2) is 12.4 Å². The van der Waals surface area contributed by atoms with Crippen molar-refractivity contribution < 1.29 is 43.3 Å². The Morgan fingerprint density at radius 2 is 1.32 bits per heavy atom. The van der Waals surface area contributed by atoms with Gasteiger partial charge in [0.1, 0.15) is 0 Å². The zero-order valence-corrected chi connectivity index (χ0v) is 19.0. The summed E-state index contributed by atoms with van der Waals surface area (Å²) in [5, 5.41) is 13.0. The van der Waals surface area contributed by atoms with Gasteiger partial charge in [0, 0.05) is 19.8 Å². The minimum absolute atomic E-state index is 0.0268. The topological polar surface area (TPSA) is 142 Å². The number of unbranched alkanes of at least 4 members (excludes halogenated alkanes) is 8. The minimum Gasteiger partial charge on any atom is -0.345 e. The second kappa shape index (κ2) is 16.3. The van der Waals surface area contributed by atoms with Crippen molar-refractivity contribution >= 4 is 5.91 Å². The van der Waals surface area contributed by atoms with Crippen molar-refractivity contribution in [2.45, 2.75) is 104 Å². The van der Waals surface area contributed by atoms with E-state index in [4.69, 9.17) is 18.6 Å². The van der Waals surface area contributed by atoms with Crippen LogP contribution in [0.5, 0.6) is 0 Å². The van der Waals surface area contributed by atoms with Gasteiger partial charge >= 0.3 is 0 Å². The summed E-state index contributed by atoms with van der Waals surface area (Å²) in [4.78, 5) is 12.1. The molecule has 0 rings (SSSR count). The lowest BCUT2D eigenvalue weighted by molar-refractivity contribution is -2.00. The summed E-state index contributed by atoms with van der Waals surface area (Å²) >= 11 is 0. The van der Waals surface area contributed by atoms with Gasteiger partial charge in [0.25, 0.3) is 0 Å². The third kappa shape index (κ3) is 18.9. The zero-order chi connectivity index (χ0) is 22.2. The molecule has 0 saturated carbocycles. The Bertz CT molecular complexity index is 383. The molecule has 0 fully saturated rings. The molecule has 28 heavy (non-hydrogen) atoms. The maximum absolute atomic E-state index is 12.1. The van der Waals surface area contributed by atoms with Crippen molar-refractivity contribution in [3.8, 4) is 0 Å². The maximum Gasteiger partial charge on any atom is 0.224 e.